The molecule has 1 heterocycles. The summed E-state index contributed by atoms with van der Waals surface area (Å²) in [5, 5.41) is 8.70. The molecule has 0 spiro atoms. The molecule has 4 heteroatoms. The molecule has 0 radical (unpaired) electrons. The van der Waals surface area contributed by atoms with Crippen LogP contribution < -0.4 is 0 Å². The Morgan fingerprint density at radius 2 is 2.13 bits per heavy atom. The summed E-state index contributed by atoms with van der Waals surface area (Å²) in [5.41, 5.74) is 1.04. The Balaban J connectivity index is 2.30. The van der Waals surface area contributed by atoms with Crippen LogP contribution in [0.1, 0.15) is 0 Å². The highest BCUT2D eigenvalue weighted by Crippen LogP contribution is 2.18. The molecule has 0 saturated heterocycles. The molecule has 15 heavy (non-hydrogen) atoms. The maximum absolute atomic E-state index is 5.21. The van der Waals surface area contributed by atoms with Crippen LogP contribution in [0.4, 0.5) is 0 Å². The maximum atomic E-state index is 5.21. The third-order valence-electron chi connectivity index (χ3n) is 1.84. The zero-order chi connectivity index (χ0) is 10.5. The van der Waals surface area contributed by atoms with Crippen molar-refractivity contribution in [2.24, 2.45) is 0 Å². The molecule has 74 valence electrons. The van der Waals surface area contributed by atoms with Crippen LogP contribution in [0.3, 0.4) is 0 Å². The van der Waals surface area contributed by atoms with Gasteiger partial charge in [-0.15, -0.1) is 16.6 Å². The lowest BCUT2D eigenvalue weighted by Crippen LogP contribution is -1.94. The number of terminal acetylenes is 1. The van der Waals surface area contributed by atoms with E-state index in [0.717, 1.165) is 10.8 Å². The fraction of sp³-hybridized carbons (Fsp3) is 0.0909. The van der Waals surface area contributed by atoms with Gasteiger partial charge in [-0.05, 0) is 12.1 Å². The summed E-state index contributed by atoms with van der Waals surface area (Å²) < 4.78 is 1.92. The van der Waals surface area contributed by atoms with Gasteiger partial charge in [0.2, 0.25) is 0 Å². The van der Waals surface area contributed by atoms with E-state index < -0.39 is 0 Å². The number of aromatic nitrogens is 3. The SMILES string of the molecule is C#CCSc1nncn1-c1ccccc1. The van der Waals surface area contributed by atoms with Gasteiger partial charge in [-0.2, -0.15) is 0 Å². The molecule has 0 aliphatic carbocycles. The number of rotatable bonds is 3. The molecule has 0 atom stereocenters. The van der Waals surface area contributed by atoms with E-state index in [1.807, 2.05) is 34.9 Å². The zero-order valence-electron chi connectivity index (χ0n) is 8.00. The minimum absolute atomic E-state index is 0.603. The molecular formula is C11H9N3S. The summed E-state index contributed by atoms with van der Waals surface area (Å²) in [6, 6.07) is 9.94. The van der Waals surface area contributed by atoms with Gasteiger partial charge in [-0.25, -0.2) is 0 Å². The first-order valence-corrected chi connectivity index (χ1v) is 5.42. The van der Waals surface area contributed by atoms with E-state index in [2.05, 4.69) is 16.1 Å². The van der Waals surface area contributed by atoms with Crippen molar-refractivity contribution in [2.75, 3.05) is 5.75 Å². The van der Waals surface area contributed by atoms with E-state index in [1.165, 1.54) is 11.8 Å². The summed E-state index contributed by atoms with van der Waals surface area (Å²) in [7, 11) is 0. The molecule has 1 aromatic heterocycles. The van der Waals surface area contributed by atoms with Crippen molar-refractivity contribution in [2.45, 2.75) is 5.16 Å². The average Bonchev–Trinajstić information content (AvgIpc) is 2.75. The first-order chi connectivity index (χ1) is 7.42. The molecular weight excluding hydrogens is 206 g/mol. The zero-order valence-corrected chi connectivity index (χ0v) is 8.81. The highest BCUT2D eigenvalue weighted by atomic mass is 32.2. The molecule has 1 aromatic carbocycles. The Morgan fingerprint density at radius 3 is 2.87 bits per heavy atom. The molecule has 0 saturated carbocycles. The van der Waals surface area contributed by atoms with Crippen molar-refractivity contribution in [3.63, 3.8) is 0 Å². The normalized spacial score (nSPS) is 9.80. The van der Waals surface area contributed by atoms with Gasteiger partial charge in [-0.3, -0.25) is 4.57 Å². The molecule has 0 bridgehead atoms. The van der Waals surface area contributed by atoms with Crippen molar-refractivity contribution >= 4 is 11.8 Å². The van der Waals surface area contributed by atoms with E-state index in [0.29, 0.717) is 5.75 Å². The number of benzene rings is 1. The highest BCUT2D eigenvalue weighted by Gasteiger charge is 2.04. The molecule has 2 aromatic rings. The number of hydrogen-bond donors (Lipinski definition) is 0. The lowest BCUT2D eigenvalue weighted by atomic mass is 10.3. The third-order valence-corrected chi connectivity index (χ3v) is 2.68. The summed E-state index contributed by atoms with van der Waals surface area (Å²) in [6.07, 6.45) is 6.89. The van der Waals surface area contributed by atoms with E-state index in [9.17, 15) is 0 Å². The second-order valence-electron chi connectivity index (χ2n) is 2.81. The van der Waals surface area contributed by atoms with Crippen molar-refractivity contribution in [3.8, 4) is 18.0 Å². The first kappa shape index (κ1) is 9.81. The van der Waals surface area contributed by atoms with Crippen LogP contribution >= 0.6 is 11.8 Å². The quantitative estimate of drug-likeness (QED) is 0.579. The topological polar surface area (TPSA) is 30.7 Å². The summed E-state index contributed by atoms with van der Waals surface area (Å²) in [6.45, 7) is 0. The monoisotopic (exact) mass is 215 g/mol. The van der Waals surface area contributed by atoms with Crippen LogP contribution in [0.25, 0.3) is 5.69 Å². The predicted octanol–water partition coefficient (Wildman–Crippen LogP) is 1.99. The van der Waals surface area contributed by atoms with Crippen LogP contribution in [-0.2, 0) is 0 Å². The largest absolute Gasteiger partial charge is 0.277 e. The summed E-state index contributed by atoms with van der Waals surface area (Å²) >= 11 is 1.50. The fourth-order valence-electron chi connectivity index (χ4n) is 1.19. The average molecular weight is 215 g/mol. The van der Waals surface area contributed by atoms with E-state index >= 15 is 0 Å². The minimum Gasteiger partial charge on any atom is -0.277 e. The summed E-state index contributed by atoms with van der Waals surface area (Å²) in [5.74, 6) is 3.17. The van der Waals surface area contributed by atoms with Crippen LogP contribution in [0.2, 0.25) is 0 Å². The molecule has 0 unspecified atom stereocenters. The van der Waals surface area contributed by atoms with Crippen molar-refractivity contribution < 1.29 is 0 Å². The molecule has 0 aliphatic rings. The number of thioether (sulfide) groups is 1. The fourth-order valence-corrected chi connectivity index (χ4v) is 1.80. The lowest BCUT2D eigenvalue weighted by Gasteiger charge is -2.03. The van der Waals surface area contributed by atoms with Crippen molar-refractivity contribution in [1.82, 2.24) is 14.8 Å². The molecule has 0 N–H and O–H groups in total. The van der Waals surface area contributed by atoms with Crippen LogP contribution in [0, 0.1) is 12.3 Å². The predicted molar refractivity (Wildman–Crippen MR) is 60.9 cm³/mol. The Morgan fingerprint density at radius 1 is 1.33 bits per heavy atom. The maximum Gasteiger partial charge on any atom is 0.196 e. The smallest absolute Gasteiger partial charge is 0.196 e. The van der Waals surface area contributed by atoms with Gasteiger partial charge < -0.3 is 0 Å². The first-order valence-electron chi connectivity index (χ1n) is 4.43. The van der Waals surface area contributed by atoms with Gasteiger partial charge in [0.15, 0.2) is 5.16 Å². The van der Waals surface area contributed by atoms with Gasteiger partial charge in [0.05, 0.1) is 5.75 Å². The van der Waals surface area contributed by atoms with E-state index in [4.69, 9.17) is 6.42 Å². The third kappa shape index (κ3) is 2.20. The van der Waals surface area contributed by atoms with Gasteiger partial charge in [-0.1, -0.05) is 35.9 Å². The van der Waals surface area contributed by atoms with E-state index in [-0.39, 0.29) is 0 Å². The van der Waals surface area contributed by atoms with Crippen LogP contribution in [0.5, 0.6) is 0 Å². The van der Waals surface area contributed by atoms with E-state index in [1.54, 1.807) is 6.33 Å². The molecule has 3 nitrogen and oxygen atoms in total. The van der Waals surface area contributed by atoms with Crippen LogP contribution in [0.15, 0.2) is 41.8 Å². The molecule has 0 fully saturated rings. The lowest BCUT2D eigenvalue weighted by molar-refractivity contribution is 0.886. The van der Waals surface area contributed by atoms with Gasteiger partial charge >= 0.3 is 0 Å². The van der Waals surface area contributed by atoms with Gasteiger partial charge in [0, 0.05) is 5.69 Å². The number of nitrogens with zero attached hydrogens (tertiary/aromatic N) is 3. The second kappa shape index (κ2) is 4.67. The van der Waals surface area contributed by atoms with Crippen molar-refractivity contribution in [3.05, 3.63) is 36.7 Å². The Kier molecular flexibility index (Phi) is 3.05. The Labute approximate surface area is 92.5 Å². The summed E-state index contributed by atoms with van der Waals surface area (Å²) in [4.78, 5) is 0. The Bertz CT molecular complexity index is 470. The van der Waals surface area contributed by atoms with Crippen molar-refractivity contribution in [1.29, 1.82) is 0 Å². The van der Waals surface area contributed by atoms with Gasteiger partial charge in [0.1, 0.15) is 6.33 Å². The number of para-hydroxylation sites is 1. The van der Waals surface area contributed by atoms with Crippen LogP contribution in [-0.4, -0.2) is 20.5 Å². The van der Waals surface area contributed by atoms with Gasteiger partial charge in [0.25, 0.3) is 0 Å². The second-order valence-corrected chi connectivity index (χ2v) is 3.75. The molecule has 0 aliphatic heterocycles. The highest BCUT2D eigenvalue weighted by molar-refractivity contribution is 7.99. The minimum atomic E-state index is 0.603. The number of hydrogen-bond acceptors (Lipinski definition) is 3. The molecule has 2 rings (SSSR count). The standard InChI is InChI=1S/C11H9N3S/c1-2-8-15-11-13-12-9-14(11)10-6-4-3-5-7-10/h1,3-7,9H,8H2. The Hall–Kier alpha value is -1.73. The molecule has 0 amide bonds.